The Hall–Kier alpha value is -3.53. The molecule has 1 amide bonds. The van der Waals surface area contributed by atoms with Crippen molar-refractivity contribution in [3.8, 4) is 5.69 Å². The van der Waals surface area contributed by atoms with Crippen LogP contribution in [0.15, 0.2) is 48.2 Å². The van der Waals surface area contributed by atoms with Crippen molar-refractivity contribution < 1.29 is 4.79 Å². The molecule has 4 rings (SSSR count). The molecule has 0 saturated carbocycles. The largest absolute Gasteiger partial charge is 0.323 e. The molecule has 27 heavy (non-hydrogen) atoms. The number of hydrogen-bond acceptors (Lipinski definition) is 6. The van der Waals surface area contributed by atoms with Gasteiger partial charge in [-0.1, -0.05) is 11.6 Å². The fourth-order valence-corrected chi connectivity index (χ4v) is 2.84. The Balaban J connectivity index is 1.61. The number of nitrogens with one attached hydrogen (secondary N) is 1. The molecule has 10 nitrogen and oxygen atoms in total. The van der Waals surface area contributed by atoms with Crippen molar-refractivity contribution in [1.29, 1.82) is 0 Å². The molecule has 0 aliphatic heterocycles. The van der Waals surface area contributed by atoms with E-state index in [0.29, 0.717) is 27.4 Å². The van der Waals surface area contributed by atoms with Crippen LogP contribution in [0.1, 0.15) is 0 Å². The lowest BCUT2D eigenvalue weighted by molar-refractivity contribution is -0.116. The molecular formula is C16H13ClN8O2. The summed E-state index contributed by atoms with van der Waals surface area (Å²) in [6.45, 7) is -0.208. The zero-order valence-electron chi connectivity index (χ0n) is 14.1. The summed E-state index contributed by atoms with van der Waals surface area (Å²) in [4.78, 5) is 33.1. The van der Waals surface area contributed by atoms with Gasteiger partial charge in [0.25, 0.3) is 5.56 Å². The Morgan fingerprint density at radius 1 is 1.26 bits per heavy atom. The molecule has 11 heteroatoms. The fraction of sp³-hybridized carbons (Fsp3) is 0.125. The normalized spacial score (nSPS) is 11.0. The molecule has 0 fully saturated rings. The molecule has 0 unspecified atom stereocenters. The summed E-state index contributed by atoms with van der Waals surface area (Å²) < 4.78 is 4.22. The highest BCUT2D eigenvalue weighted by Crippen LogP contribution is 2.23. The first-order valence-corrected chi connectivity index (χ1v) is 8.22. The van der Waals surface area contributed by atoms with E-state index in [1.54, 1.807) is 25.2 Å². The molecule has 3 heterocycles. The second-order valence-electron chi connectivity index (χ2n) is 5.73. The number of carbonyl (C=O) groups is 1. The van der Waals surface area contributed by atoms with Crippen molar-refractivity contribution >= 4 is 34.2 Å². The fourth-order valence-electron chi connectivity index (χ4n) is 2.66. The van der Waals surface area contributed by atoms with Gasteiger partial charge in [0, 0.05) is 12.1 Å². The maximum atomic E-state index is 12.5. The number of halogens is 1. The van der Waals surface area contributed by atoms with Crippen LogP contribution in [0.4, 0.5) is 5.69 Å². The van der Waals surface area contributed by atoms with Gasteiger partial charge < -0.3 is 5.32 Å². The van der Waals surface area contributed by atoms with Crippen LogP contribution in [0, 0.1) is 0 Å². The first-order valence-electron chi connectivity index (χ1n) is 7.84. The molecule has 0 saturated heterocycles. The molecule has 1 N–H and O–H groups in total. The maximum absolute atomic E-state index is 12.5. The Kier molecular flexibility index (Phi) is 4.16. The van der Waals surface area contributed by atoms with E-state index in [1.165, 1.54) is 39.1 Å². The summed E-state index contributed by atoms with van der Waals surface area (Å²) in [5.74, 6) is -0.411. The van der Waals surface area contributed by atoms with Crippen molar-refractivity contribution in [2.45, 2.75) is 6.54 Å². The van der Waals surface area contributed by atoms with Crippen LogP contribution in [-0.4, -0.2) is 40.0 Å². The lowest BCUT2D eigenvalue weighted by atomic mass is 10.2. The summed E-state index contributed by atoms with van der Waals surface area (Å²) in [6, 6.07) is 4.99. The topological polar surface area (TPSA) is 113 Å². The highest BCUT2D eigenvalue weighted by molar-refractivity contribution is 6.31. The number of amides is 1. The SMILES string of the molecule is Cn1ncc2c(=O)n(CC(=O)Nc3cc(Cl)ccc3-n3cncn3)cnc21. The van der Waals surface area contributed by atoms with Crippen molar-refractivity contribution in [2.24, 2.45) is 7.05 Å². The Morgan fingerprint density at radius 2 is 2.11 bits per heavy atom. The summed E-state index contributed by atoms with van der Waals surface area (Å²) in [5, 5.41) is 11.6. The zero-order valence-corrected chi connectivity index (χ0v) is 14.8. The molecule has 0 aliphatic rings. The molecule has 0 spiro atoms. The van der Waals surface area contributed by atoms with E-state index in [-0.39, 0.29) is 12.1 Å². The van der Waals surface area contributed by atoms with Crippen LogP contribution in [0.25, 0.3) is 16.7 Å². The van der Waals surface area contributed by atoms with E-state index in [1.807, 2.05) is 0 Å². The molecule has 136 valence electrons. The number of hydrogen-bond donors (Lipinski definition) is 1. The minimum absolute atomic E-state index is 0.208. The standard InChI is InChI=1S/C16H13ClN8O2/c1-23-15-11(5-20-23)16(27)24(9-19-15)6-14(26)22-12-4-10(17)2-3-13(12)25-8-18-7-21-25/h2-5,7-9H,6H2,1H3,(H,22,26). The van der Waals surface area contributed by atoms with Gasteiger partial charge >= 0.3 is 0 Å². The van der Waals surface area contributed by atoms with E-state index in [0.717, 1.165) is 0 Å². The third kappa shape index (κ3) is 3.17. The molecule has 0 radical (unpaired) electrons. The van der Waals surface area contributed by atoms with Gasteiger partial charge in [0.1, 0.15) is 30.9 Å². The van der Waals surface area contributed by atoms with Crippen LogP contribution in [0.2, 0.25) is 5.02 Å². The van der Waals surface area contributed by atoms with Crippen molar-refractivity contribution in [3.05, 3.63) is 58.8 Å². The summed E-state index contributed by atoms with van der Waals surface area (Å²) in [6.07, 6.45) is 5.64. The van der Waals surface area contributed by atoms with Crippen LogP contribution >= 0.6 is 11.6 Å². The quantitative estimate of drug-likeness (QED) is 0.561. The zero-order chi connectivity index (χ0) is 19.0. The Labute approximate surface area is 157 Å². The van der Waals surface area contributed by atoms with Gasteiger partial charge in [-0.25, -0.2) is 14.6 Å². The van der Waals surface area contributed by atoms with Gasteiger partial charge in [-0.15, -0.1) is 0 Å². The van der Waals surface area contributed by atoms with Crippen molar-refractivity contribution in [3.63, 3.8) is 0 Å². The van der Waals surface area contributed by atoms with Gasteiger partial charge in [-0.3, -0.25) is 18.8 Å². The van der Waals surface area contributed by atoms with E-state index < -0.39 is 5.91 Å². The summed E-state index contributed by atoms with van der Waals surface area (Å²) >= 11 is 6.04. The number of aromatic nitrogens is 7. The van der Waals surface area contributed by atoms with Gasteiger partial charge in [0.05, 0.1) is 17.6 Å². The number of nitrogens with zero attached hydrogens (tertiary/aromatic N) is 7. The average Bonchev–Trinajstić information content (AvgIpc) is 3.28. The highest BCUT2D eigenvalue weighted by Gasteiger charge is 2.13. The first kappa shape index (κ1) is 16.9. The molecule has 0 bridgehead atoms. The molecular weight excluding hydrogens is 372 g/mol. The van der Waals surface area contributed by atoms with Gasteiger partial charge in [-0.05, 0) is 18.2 Å². The lowest BCUT2D eigenvalue weighted by Crippen LogP contribution is -2.28. The van der Waals surface area contributed by atoms with Gasteiger partial charge in [-0.2, -0.15) is 10.2 Å². The Bertz CT molecular complexity index is 1200. The first-order chi connectivity index (χ1) is 13.0. The van der Waals surface area contributed by atoms with E-state index in [4.69, 9.17) is 11.6 Å². The van der Waals surface area contributed by atoms with Crippen LogP contribution in [0.3, 0.4) is 0 Å². The predicted molar refractivity (Wildman–Crippen MR) is 97.8 cm³/mol. The minimum atomic E-state index is -0.411. The van der Waals surface area contributed by atoms with Crippen LogP contribution < -0.4 is 10.9 Å². The highest BCUT2D eigenvalue weighted by atomic mass is 35.5. The monoisotopic (exact) mass is 384 g/mol. The molecule has 1 aromatic carbocycles. The molecule has 0 atom stereocenters. The summed E-state index contributed by atoms with van der Waals surface area (Å²) in [7, 11) is 1.69. The third-order valence-corrected chi connectivity index (χ3v) is 4.17. The minimum Gasteiger partial charge on any atom is -0.323 e. The van der Waals surface area contributed by atoms with E-state index in [9.17, 15) is 9.59 Å². The molecule has 4 aromatic rings. The number of benzene rings is 1. The van der Waals surface area contributed by atoms with E-state index >= 15 is 0 Å². The van der Waals surface area contributed by atoms with Crippen molar-refractivity contribution in [1.82, 2.24) is 34.1 Å². The number of fused-ring (bicyclic) bond motifs is 1. The van der Waals surface area contributed by atoms with Crippen molar-refractivity contribution in [2.75, 3.05) is 5.32 Å². The second kappa shape index (κ2) is 6.65. The number of rotatable bonds is 4. The predicted octanol–water partition coefficient (Wildman–Crippen LogP) is 1.00. The molecule has 0 aliphatic carbocycles. The number of aryl methyl sites for hydroxylation is 1. The Morgan fingerprint density at radius 3 is 2.89 bits per heavy atom. The van der Waals surface area contributed by atoms with Crippen LogP contribution in [0.5, 0.6) is 0 Å². The number of carbonyl (C=O) groups excluding carboxylic acids is 1. The van der Waals surface area contributed by atoms with E-state index in [2.05, 4.69) is 25.5 Å². The van der Waals surface area contributed by atoms with Crippen LogP contribution in [-0.2, 0) is 18.4 Å². The average molecular weight is 385 g/mol. The van der Waals surface area contributed by atoms with Gasteiger partial charge in [0.2, 0.25) is 5.91 Å². The number of anilines is 1. The lowest BCUT2D eigenvalue weighted by Gasteiger charge is -2.12. The maximum Gasteiger partial charge on any atom is 0.264 e. The second-order valence-corrected chi connectivity index (χ2v) is 6.17. The third-order valence-electron chi connectivity index (χ3n) is 3.93. The van der Waals surface area contributed by atoms with Gasteiger partial charge in [0.15, 0.2) is 5.65 Å². The molecule has 3 aromatic heterocycles. The summed E-state index contributed by atoms with van der Waals surface area (Å²) in [5.41, 5.74) is 1.16. The smallest absolute Gasteiger partial charge is 0.264 e.